The first-order valence-corrected chi connectivity index (χ1v) is 6.66. The molecule has 0 aromatic heterocycles. The minimum Gasteiger partial charge on any atom is -0.508 e. The number of rotatable bonds is 3. The summed E-state index contributed by atoms with van der Waals surface area (Å²) in [6.07, 6.45) is 0.0696. The molecular weight excluding hydrogens is 360 g/mol. The van der Waals surface area contributed by atoms with Crippen molar-refractivity contribution in [3.8, 4) is 5.75 Å². The molecule has 0 spiro atoms. The lowest BCUT2D eigenvalue weighted by Gasteiger charge is -2.08. The molecule has 98 valence electrons. The van der Waals surface area contributed by atoms with Crippen LogP contribution in [0.4, 0.5) is 10.1 Å². The van der Waals surface area contributed by atoms with Crippen molar-refractivity contribution in [2.75, 3.05) is 5.32 Å². The molecule has 0 radical (unpaired) electrons. The van der Waals surface area contributed by atoms with E-state index in [2.05, 4.69) is 5.32 Å². The van der Waals surface area contributed by atoms with E-state index in [1.807, 2.05) is 22.6 Å². The molecule has 0 atom stereocenters. The maximum Gasteiger partial charge on any atom is 0.228 e. The third-order valence-electron chi connectivity index (χ3n) is 2.55. The lowest BCUT2D eigenvalue weighted by atomic mass is 10.1. The molecule has 0 aliphatic heterocycles. The van der Waals surface area contributed by atoms with Crippen molar-refractivity contribution in [3.05, 3.63) is 57.4 Å². The number of hydrogen-bond donors (Lipinski definition) is 2. The number of benzene rings is 2. The van der Waals surface area contributed by atoms with Crippen molar-refractivity contribution in [1.82, 2.24) is 0 Å². The molecule has 2 aromatic carbocycles. The van der Waals surface area contributed by atoms with Crippen molar-refractivity contribution in [2.24, 2.45) is 0 Å². The molecule has 2 aromatic rings. The SMILES string of the molecule is O=C(Cc1ccccc1O)Nc1ccc(F)cc1I. The van der Waals surface area contributed by atoms with Gasteiger partial charge in [-0.05, 0) is 46.9 Å². The van der Waals surface area contributed by atoms with Crippen LogP contribution in [0.15, 0.2) is 42.5 Å². The first-order chi connectivity index (χ1) is 9.06. The van der Waals surface area contributed by atoms with Crippen LogP contribution in [0, 0.1) is 9.39 Å². The third kappa shape index (κ3) is 3.66. The topological polar surface area (TPSA) is 49.3 Å². The fourth-order valence-electron chi connectivity index (χ4n) is 1.62. The van der Waals surface area contributed by atoms with Gasteiger partial charge in [-0.25, -0.2) is 4.39 Å². The van der Waals surface area contributed by atoms with Crippen LogP contribution in [0.1, 0.15) is 5.56 Å². The van der Waals surface area contributed by atoms with E-state index in [9.17, 15) is 14.3 Å². The summed E-state index contributed by atoms with van der Waals surface area (Å²) in [6.45, 7) is 0. The zero-order chi connectivity index (χ0) is 13.8. The van der Waals surface area contributed by atoms with Gasteiger partial charge in [-0.3, -0.25) is 4.79 Å². The number of phenolic OH excluding ortho intramolecular Hbond substituents is 1. The Balaban J connectivity index is 2.08. The maximum absolute atomic E-state index is 12.9. The van der Waals surface area contributed by atoms with Crippen molar-refractivity contribution < 1.29 is 14.3 Å². The molecule has 3 nitrogen and oxygen atoms in total. The summed E-state index contributed by atoms with van der Waals surface area (Å²) < 4.78 is 13.6. The van der Waals surface area contributed by atoms with Crippen LogP contribution in [0.5, 0.6) is 5.75 Å². The Labute approximate surface area is 123 Å². The van der Waals surface area contributed by atoms with Crippen LogP contribution >= 0.6 is 22.6 Å². The van der Waals surface area contributed by atoms with E-state index in [1.54, 1.807) is 18.2 Å². The van der Waals surface area contributed by atoms with E-state index in [0.717, 1.165) is 0 Å². The van der Waals surface area contributed by atoms with Gasteiger partial charge in [0.05, 0.1) is 12.1 Å². The molecular formula is C14H11FINO2. The Morgan fingerprint density at radius 2 is 2.00 bits per heavy atom. The predicted molar refractivity (Wildman–Crippen MR) is 79.6 cm³/mol. The van der Waals surface area contributed by atoms with Crippen LogP contribution < -0.4 is 5.32 Å². The zero-order valence-electron chi connectivity index (χ0n) is 9.86. The summed E-state index contributed by atoms with van der Waals surface area (Å²) in [7, 11) is 0. The second-order valence-electron chi connectivity index (χ2n) is 3.98. The number of aromatic hydroxyl groups is 1. The molecule has 0 saturated heterocycles. The first-order valence-electron chi connectivity index (χ1n) is 5.58. The van der Waals surface area contributed by atoms with Crippen LogP contribution in [-0.4, -0.2) is 11.0 Å². The molecule has 2 rings (SSSR count). The van der Waals surface area contributed by atoms with Crippen LogP contribution in [0.25, 0.3) is 0 Å². The van der Waals surface area contributed by atoms with Crippen molar-refractivity contribution in [1.29, 1.82) is 0 Å². The van der Waals surface area contributed by atoms with E-state index >= 15 is 0 Å². The van der Waals surface area contributed by atoms with Gasteiger partial charge in [-0.2, -0.15) is 0 Å². The fraction of sp³-hybridized carbons (Fsp3) is 0.0714. The Bertz CT molecular complexity index is 616. The van der Waals surface area contributed by atoms with Gasteiger partial charge < -0.3 is 10.4 Å². The van der Waals surface area contributed by atoms with Crippen LogP contribution in [-0.2, 0) is 11.2 Å². The number of halogens is 2. The maximum atomic E-state index is 12.9. The van der Waals surface area contributed by atoms with Crippen molar-refractivity contribution in [2.45, 2.75) is 6.42 Å². The standard InChI is InChI=1S/C14H11FINO2/c15-10-5-6-12(11(16)8-10)17-14(19)7-9-3-1-2-4-13(9)18/h1-6,8,18H,7H2,(H,17,19). The quantitative estimate of drug-likeness (QED) is 0.814. The Morgan fingerprint density at radius 1 is 1.26 bits per heavy atom. The van der Waals surface area contributed by atoms with Gasteiger partial charge >= 0.3 is 0 Å². The normalized spacial score (nSPS) is 10.2. The molecule has 0 heterocycles. The van der Waals surface area contributed by atoms with E-state index in [1.165, 1.54) is 24.3 Å². The predicted octanol–water partition coefficient (Wildman–Crippen LogP) is 3.32. The van der Waals surface area contributed by atoms with Gasteiger partial charge in [0.2, 0.25) is 5.91 Å². The van der Waals surface area contributed by atoms with Crippen molar-refractivity contribution >= 4 is 34.2 Å². The largest absolute Gasteiger partial charge is 0.508 e. The minimum absolute atomic E-state index is 0.0696. The number of carbonyl (C=O) groups is 1. The highest BCUT2D eigenvalue weighted by atomic mass is 127. The number of nitrogens with one attached hydrogen (secondary N) is 1. The molecule has 5 heteroatoms. The number of phenols is 1. The first kappa shape index (κ1) is 13.8. The van der Waals surface area contributed by atoms with Gasteiger partial charge in [-0.15, -0.1) is 0 Å². The lowest BCUT2D eigenvalue weighted by Crippen LogP contribution is -2.15. The summed E-state index contributed by atoms with van der Waals surface area (Å²) in [5.74, 6) is -0.513. The third-order valence-corrected chi connectivity index (χ3v) is 3.44. The Morgan fingerprint density at radius 3 is 2.68 bits per heavy atom. The second kappa shape index (κ2) is 6.01. The second-order valence-corrected chi connectivity index (χ2v) is 5.14. The van der Waals surface area contributed by atoms with Crippen LogP contribution in [0.3, 0.4) is 0 Å². The number of carbonyl (C=O) groups excluding carboxylic acids is 1. The molecule has 0 unspecified atom stereocenters. The minimum atomic E-state index is -0.344. The summed E-state index contributed by atoms with van der Waals surface area (Å²) in [4.78, 5) is 11.9. The fourth-order valence-corrected chi connectivity index (χ4v) is 2.23. The summed E-state index contributed by atoms with van der Waals surface area (Å²) >= 11 is 1.95. The number of amides is 1. The highest BCUT2D eigenvalue weighted by Crippen LogP contribution is 2.20. The molecule has 19 heavy (non-hydrogen) atoms. The lowest BCUT2D eigenvalue weighted by molar-refractivity contribution is -0.115. The van der Waals surface area contributed by atoms with Gasteiger partial charge in [0.25, 0.3) is 0 Å². The summed E-state index contributed by atoms with van der Waals surface area (Å²) in [5.41, 5.74) is 1.11. The van der Waals surface area contributed by atoms with E-state index in [-0.39, 0.29) is 23.9 Å². The molecule has 0 aliphatic rings. The Hall–Kier alpha value is -1.63. The zero-order valence-corrected chi connectivity index (χ0v) is 12.0. The average molecular weight is 371 g/mol. The van der Waals surface area contributed by atoms with Crippen LogP contribution in [0.2, 0.25) is 0 Å². The highest BCUT2D eigenvalue weighted by molar-refractivity contribution is 14.1. The monoisotopic (exact) mass is 371 g/mol. The number of para-hydroxylation sites is 1. The molecule has 2 N–H and O–H groups in total. The molecule has 0 bridgehead atoms. The molecule has 0 saturated carbocycles. The van der Waals surface area contributed by atoms with E-state index < -0.39 is 0 Å². The summed E-state index contributed by atoms with van der Waals surface area (Å²) in [6, 6.07) is 10.8. The number of anilines is 1. The summed E-state index contributed by atoms with van der Waals surface area (Å²) in [5, 5.41) is 12.3. The Kier molecular flexibility index (Phi) is 4.36. The highest BCUT2D eigenvalue weighted by Gasteiger charge is 2.09. The van der Waals surface area contributed by atoms with Gasteiger partial charge in [0, 0.05) is 9.13 Å². The van der Waals surface area contributed by atoms with E-state index in [0.29, 0.717) is 14.8 Å². The smallest absolute Gasteiger partial charge is 0.228 e. The van der Waals surface area contributed by atoms with E-state index in [4.69, 9.17) is 0 Å². The van der Waals surface area contributed by atoms with Crippen molar-refractivity contribution in [3.63, 3.8) is 0 Å². The van der Waals surface area contributed by atoms with Gasteiger partial charge in [0.1, 0.15) is 11.6 Å². The van der Waals surface area contributed by atoms with Gasteiger partial charge in [0.15, 0.2) is 0 Å². The molecule has 0 fully saturated rings. The van der Waals surface area contributed by atoms with Gasteiger partial charge in [-0.1, -0.05) is 18.2 Å². The molecule has 1 amide bonds. The number of hydrogen-bond acceptors (Lipinski definition) is 2. The average Bonchev–Trinajstić information content (AvgIpc) is 2.36. The molecule has 0 aliphatic carbocycles.